The molecule has 3 rings (SSSR count). The highest BCUT2D eigenvalue weighted by Gasteiger charge is 2.37. The summed E-state index contributed by atoms with van der Waals surface area (Å²) in [6.45, 7) is 1.87. The zero-order chi connectivity index (χ0) is 20.7. The fourth-order valence-electron chi connectivity index (χ4n) is 3.73. The summed E-state index contributed by atoms with van der Waals surface area (Å²) in [4.78, 5) is 26.4. The van der Waals surface area contributed by atoms with E-state index in [-0.39, 0.29) is 17.1 Å². The molecule has 1 aliphatic heterocycles. The van der Waals surface area contributed by atoms with Crippen LogP contribution in [0.3, 0.4) is 0 Å². The summed E-state index contributed by atoms with van der Waals surface area (Å²) in [5, 5.41) is -0.229. The van der Waals surface area contributed by atoms with E-state index in [9.17, 15) is 14.0 Å². The van der Waals surface area contributed by atoms with E-state index in [1.54, 1.807) is 50.6 Å². The maximum atomic E-state index is 14.5. The van der Waals surface area contributed by atoms with Gasteiger partial charge >= 0.3 is 5.97 Å². The maximum Gasteiger partial charge on any atom is 0.337 e. The monoisotopic (exact) mass is 393 g/mol. The molecule has 10 heteroatoms. The number of thioether (sulfide) groups is 1. The van der Waals surface area contributed by atoms with Crippen LogP contribution in [0.2, 0.25) is 0 Å². The van der Waals surface area contributed by atoms with Gasteiger partial charge in [-0.15, -0.1) is 11.8 Å². The number of halogens is 1. The Bertz CT molecular complexity index is 972. The van der Waals surface area contributed by atoms with Crippen LogP contribution in [0.1, 0.15) is 26.9 Å². The first-order valence-electron chi connectivity index (χ1n) is 9.07. The molecule has 1 fully saturated rings. The van der Waals surface area contributed by atoms with Gasteiger partial charge < -0.3 is 4.74 Å². The van der Waals surface area contributed by atoms with Gasteiger partial charge in [-0.1, -0.05) is 21.9 Å². The fraction of sp³-hybridized carbons (Fsp3) is 0.222. The van der Waals surface area contributed by atoms with Crippen LogP contribution in [0, 0.1) is 12.7 Å². The summed E-state index contributed by atoms with van der Waals surface area (Å²) in [6, 6.07) is 5.18. The Balaban J connectivity index is 2.13. The molecule has 0 spiro atoms. The highest BCUT2D eigenvalue weighted by Crippen LogP contribution is 2.41. The maximum absolute atomic E-state index is 14.5. The number of amides is 1. The van der Waals surface area contributed by atoms with E-state index in [1.807, 2.05) is 22.6 Å². The third-order valence-electron chi connectivity index (χ3n) is 5.58. The molecule has 1 unspecified atom stereocenters. The summed E-state index contributed by atoms with van der Waals surface area (Å²) >= 11 is 1.54. The van der Waals surface area contributed by atoms with Crippen molar-refractivity contribution in [3.63, 3.8) is 0 Å². The molecule has 28 heavy (non-hydrogen) atoms. The number of aryl methyl sites for hydroxylation is 1. The van der Waals surface area contributed by atoms with Crippen molar-refractivity contribution in [1.82, 2.24) is 0 Å². The molecule has 2 aromatic rings. The Morgan fingerprint density at radius 3 is 2.32 bits per heavy atom. The van der Waals surface area contributed by atoms with Crippen LogP contribution in [0.4, 0.5) is 10.1 Å². The van der Waals surface area contributed by atoms with Gasteiger partial charge in [0.25, 0.3) is 0 Å². The van der Waals surface area contributed by atoms with Gasteiger partial charge in [-0.05, 0) is 36.2 Å². The van der Waals surface area contributed by atoms with Crippen LogP contribution in [-0.2, 0) is 9.53 Å². The number of ether oxygens (including phenoxy) is 1. The third kappa shape index (κ3) is 3.28. The highest BCUT2D eigenvalue weighted by molar-refractivity contribution is 8.00. The quantitative estimate of drug-likeness (QED) is 0.406. The number of benzene rings is 2. The summed E-state index contributed by atoms with van der Waals surface area (Å²) in [7, 11) is 8.72. The molecular weight excluding hydrogens is 373 g/mol. The van der Waals surface area contributed by atoms with Crippen LogP contribution >= 0.6 is 11.8 Å². The lowest BCUT2D eigenvalue weighted by Gasteiger charge is -2.30. The molecule has 1 amide bonds. The number of nitrogens with zero attached hydrogens (tertiary/aromatic N) is 1. The van der Waals surface area contributed by atoms with Crippen molar-refractivity contribution >= 4 is 82.6 Å². The molecular formula is C18H20B4FNO3S. The number of hydrogen-bond acceptors (Lipinski definition) is 4. The van der Waals surface area contributed by atoms with Crippen LogP contribution in [0.15, 0.2) is 18.2 Å². The van der Waals surface area contributed by atoms with Crippen molar-refractivity contribution in [2.75, 3.05) is 17.8 Å². The molecule has 0 saturated carbocycles. The van der Waals surface area contributed by atoms with Crippen LogP contribution in [-0.4, -0.2) is 56.1 Å². The average Bonchev–Trinajstić information content (AvgIpc) is 3.05. The molecule has 0 N–H and O–H groups in total. The van der Waals surface area contributed by atoms with Crippen molar-refractivity contribution in [2.45, 2.75) is 12.3 Å². The first kappa shape index (κ1) is 20.6. The van der Waals surface area contributed by atoms with E-state index in [2.05, 4.69) is 0 Å². The second-order valence-electron chi connectivity index (χ2n) is 7.15. The van der Waals surface area contributed by atoms with E-state index in [1.165, 1.54) is 7.11 Å². The van der Waals surface area contributed by atoms with Crippen molar-refractivity contribution < 1.29 is 18.7 Å². The Kier molecular flexibility index (Phi) is 5.71. The minimum Gasteiger partial charge on any atom is -0.465 e. The summed E-state index contributed by atoms with van der Waals surface area (Å²) in [5.74, 6) is -0.234. The van der Waals surface area contributed by atoms with Gasteiger partial charge in [0, 0.05) is 5.69 Å². The van der Waals surface area contributed by atoms with Crippen LogP contribution < -0.4 is 26.8 Å². The lowest BCUT2D eigenvalue weighted by atomic mass is 9.66. The van der Waals surface area contributed by atoms with E-state index in [0.717, 1.165) is 27.7 Å². The second-order valence-corrected chi connectivity index (χ2v) is 8.22. The number of hydrogen-bond donors (Lipinski definition) is 0. The molecule has 0 aliphatic carbocycles. The van der Waals surface area contributed by atoms with Gasteiger partial charge in [0.1, 0.15) is 42.6 Å². The average molecular weight is 393 g/mol. The predicted molar refractivity (Wildman–Crippen MR) is 124 cm³/mol. The molecule has 0 aromatic heterocycles. The molecule has 1 saturated heterocycles. The van der Waals surface area contributed by atoms with Crippen molar-refractivity contribution in [3.8, 4) is 0 Å². The zero-order valence-corrected chi connectivity index (χ0v) is 17.8. The molecule has 1 atom stereocenters. The Labute approximate surface area is 172 Å². The number of esters is 1. The lowest BCUT2D eigenvalue weighted by Crippen LogP contribution is -2.49. The standard InChI is InChI=1S/C18H20B4FNO3S/c1-7-5-8(18(26)27-2)3-4-9(7)24-10(25)6-28-17(24)11-12(19)14(21)16(23)15(22)13(11)20/h3-5,17H,6,19-22H2,1-2H3. The zero-order valence-electron chi connectivity index (χ0n) is 17.0. The Hall–Kier alpha value is -2.08. The van der Waals surface area contributed by atoms with Crippen LogP contribution in [0.5, 0.6) is 0 Å². The van der Waals surface area contributed by atoms with Gasteiger partial charge in [0.05, 0.1) is 18.4 Å². The van der Waals surface area contributed by atoms with Gasteiger partial charge in [-0.25, -0.2) is 9.18 Å². The molecule has 0 radical (unpaired) electrons. The number of carbonyl (C=O) groups excluding carboxylic acids is 2. The van der Waals surface area contributed by atoms with E-state index >= 15 is 0 Å². The Morgan fingerprint density at radius 1 is 1.18 bits per heavy atom. The van der Waals surface area contributed by atoms with E-state index in [4.69, 9.17) is 4.74 Å². The molecule has 4 nitrogen and oxygen atoms in total. The number of rotatable bonds is 3. The molecule has 140 valence electrons. The van der Waals surface area contributed by atoms with Crippen molar-refractivity contribution in [3.05, 3.63) is 40.7 Å². The van der Waals surface area contributed by atoms with Crippen molar-refractivity contribution in [2.24, 2.45) is 0 Å². The third-order valence-corrected chi connectivity index (χ3v) is 6.76. The van der Waals surface area contributed by atoms with Gasteiger partial charge in [0.15, 0.2) is 0 Å². The number of methoxy groups -OCH3 is 1. The highest BCUT2D eigenvalue weighted by atomic mass is 32.2. The minimum absolute atomic E-state index is 0.00218. The van der Waals surface area contributed by atoms with Crippen LogP contribution in [0.25, 0.3) is 0 Å². The minimum atomic E-state index is -0.412. The molecule has 0 bridgehead atoms. The Morgan fingerprint density at radius 2 is 1.79 bits per heavy atom. The van der Waals surface area contributed by atoms with Gasteiger partial charge in [0.2, 0.25) is 5.91 Å². The van der Waals surface area contributed by atoms with E-state index in [0.29, 0.717) is 22.2 Å². The second kappa shape index (κ2) is 7.74. The topological polar surface area (TPSA) is 46.6 Å². The van der Waals surface area contributed by atoms with Crippen molar-refractivity contribution in [1.29, 1.82) is 0 Å². The SMILES string of the molecule is Bc1c(B)c(C2SCC(=O)N2c2ccc(C(=O)OC)cc2C)c(B)c(B)c1F. The summed E-state index contributed by atoms with van der Waals surface area (Å²) < 4.78 is 19.3. The smallest absolute Gasteiger partial charge is 0.337 e. The summed E-state index contributed by atoms with van der Waals surface area (Å²) in [5.41, 5.74) is 6.00. The summed E-state index contributed by atoms with van der Waals surface area (Å²) in [6.07, 6.45) is 0. The lowest BCUT2D eigenvalue weighted by molar-refractivity contribution is -0.115. The molecule has 1 aliphatic rings. The fourth-order valence-corrected chi connectivity index (χ4v) is 5.07. The van der Waals surface area contributed by atoms with Gasteiger partial charge in [-0.2, -0.15) is 0 Å². The van der Waals surface area contributed by atoms with E-state index < -0.39 is 5.97 Å². The normalized spacial score (nSPS) is 16.5. The number of carbonyl (C=O) groups is 2. The first-order valence-corrected chi connectivity index (χ1v) is 10.1. The predicted octanol–water partition coefficient (Wildman–Crippen LogP) is -3.27. The largest absolute Gasteiger partial charge is 0.465 e. The number of anilines is 1. The molecule has 2 aromatic carbocycles. The molecule has 1 heterocycles. The van der Waals surface area contributed by atoms with Gasteiger partial charge in [-0.3, -0.25) is 9.69 Å². The first-order chi connectivity index (χ1) is 13.2.